The van der Waals surface area contributed by atoms with Gasteiger partial charge in [0.2, 0.25) is 0 Å². The molecule has 0 spiro atoms. The standard InChI is InChI=1S/C18H19N3O/c1-2-4-14(5-3-1)18-13-21(8-9-22-18)16-10-15-11-19-7-6-17(15)20-12-16/h1-5,10-12,18H,6-9,13H2. The summed E-state index contributed by atoms with van der Waals surface area (Å²) >= 11 is 0. The number of benzene rings is 1. The number of fused-ring (bicyclic) bond motifs is 1. The molecule has 0 amide bonds. The van der Waals surface area contributed by atoms with Crippen LogP contribution in [0.5, 0.6) is 0 Å². The van der Waals surface area contributed by atoms with E-state index >= 15 is 0 Å². The van der Waals surface area contributed by atoms with Gasteiger partial charge >= 0.3 is 0 Å². The highest BCUT2D eigenvalue weighted by atomic mass is 16.5. The Morgan fingerprint density at radius 3 is 3.00 bits per heavy atom. The minimum atomic E-state index is 0.125. The maximum absolute atomic E-state index is 5.94. The smallest absolute Gasteiger partial charge is 0.100 e. The predicted octanol–water partition coefficient (Wildman–Crippen LogP) is 2.63. The van der Waals surface area contributed by atoms with Crippen molar-refractivity contribution in [3.05, 3.63) is 59.4 Å². The zero-order valence-corrected chi connectivity index (χ0v) is 12.5. The third-order valence-electron chi connectivity index (χ3n) is 4.30. The molecule has 0 saturated carbocycles. The highest BCUT2D eigenvalue weighted by Gasteiger charge is 2.23. The van der Waals surface area contributed by atoms with Gasteiger partial charge in [-0.3, -0.25) is 9.98 Å². The van der Waals surface area contributed by atoms with E-state index in [0.717, 1.165) is 49.6 Å². The molecule has 2 aromatic rings. The number of pyridine rings is 1. The topological polar surface area (TPSA) is 37.7 Å². The van der Waals surface area contributed by atoms with Crippen molar-refractivity contribution >= 4 is 11.9 Å². The summed E-state index contributed by atoms with van der Waals surface area (Å²) in [7, 11) is 0. The Bertz CT molecular complexity index is 684. The summed E-state index contributed by atoms with van der Waals surface area (Å²) in [5, 5.41) is 0. The number of rotatable bonds is 2. The molecular formula is C18H19N3O. The summed E-state index contributed by atoms with van der Waals surface area (Å²) in [6, 6.07) is 12.6. The third-order valence-corrected chi connectivity index (χ3v) is 4.30. The van der Waals surface area contributed by atoms with Gasteiger partial charge < -0.3 is 9.64 Å². The lowest BCUT2D eigenvalue weighted by molar-refractivity contribution is 0.0398. The molecule has 1 fully saturated rings. The van der Waals surface area contributed by atoms with E-state index in [1.807, 2.05) is 18.5 Å². The summed E-state index contributed by atoms with van der Waals surface area (Å²) in [4.78, 5) is 11.3. The molecule has 0 bridgehead atoms. The van der Waals surface area contributed by atoms with Crippen molar-refractivity contribution in [3.63, 3.8) is 0 Å². The van der Waals surface area contributed by atoms with Gasteiger partial charge in [0.05, 0.1) is 24.2 Å². The zero-order valence-electron chi connectivity index (χ0n) is 12.5. The molecule has 0 N–H and O–H groups in total. The summed E-state index contributed by atoms with van der Waals surface area (Å²) in [6.45, 7) is 3.36. The maximum Gasteiger partial charge on any atom is 0.100 e. The van der Waals surface area contributed by atoms with E-state index in [4.69, 9.17) is 4.74 Å². The number of nitrogens with zero attached hydrogens (tertiary/aromatic N) is 3. The van der Waals surface area contributed by atoms with E-state index in [1.54, 1.807) is 0 Å². The van der Waals surface area contributed by atoms with E-state index in [2.05, 4.69) is 45.2 Å². The second kappa shape index (κ2) is 5.89. The number of hydrogen-bond donors (Lipinski definition) is 0. The van der Waals surface area contributed by atoms with Crippen molar-refractivity contribution in [2.24, 2.45) is 4.99 Å². The van der Waals surface area contributed by atoms with Crippen LogP contribution in [-0.4, -0.2) is 37.4 Å². The Labute approximate surface area is 130 Å². The number of morpholine rings is 1. The minimum absolute atomic E-state index is 0.125. The maximum atomic E-state index is 5.94. The van der Waals surface area contributed by atoms with Crippen LogP contribution in [0.3, 0.4) is 0 Å². The number of anilines is 1. The summed E-state index contributed by atoms with van der Waals surface area (Å²) in [5.41, 5.74) is 4.72. The van der Waals surface area contributed by atoms with E-state index < -0.39 is 0 Å². The highest BCUT2D eigenvalue weighted by molar-refractivity contribution is 5.83. The van der Waals surface area contributed by atoms with Gasteiger partial charge in [0.25, 0.3) is 0 Å². The number of hydrogen-bond acceptors (Lipinski definition) is 4. The van der Waals surface area contributed by atoms with Crippen molar-refractivity contribution < 1.29 is 4.74 Å². The van der Waals surface area contributed by atoms with E-state index in [-0.39, 0.29) is 6.10 Å². The van der Waals surface area contributed by atoms with Crippen molar-refractivity contribution in [1.82, 2.24) is 4.98 Å². The Morgan fingerprint density at radius 1 is 1.18 bits per heavy atom. The molecule has 1 saturated heterocycles. The lowest BCUT2D eigenvalue weighted by Gasteiger charge is -2.35. The van der Waals surface area contributed by atoms with Crippen molar-refractivity contribution in [1.29, 1.82) is 0 Å². The molecule has 1 aromatic carbocycles. The van der Waals surface area contributed by atoms with Crippen LogP contribution in [0.1, 0.15) is 22.9 Å². The van der Waals surface area contributed by atoms with Crippen LogP contribution in [-0.2, 0) is 11.2 Å². The van der Waals surface area contributed by atoms with Crippen molar-refractivity contribution in [2.75, 3.05) is 31.1 Å². The SMILES string of the molecule is C1=NCCc2ncc(N3CCOC(c4ccccc4)C3)cc21. The average molecular weight is 293 g/mol. The largest absolute Gasteiger partial charge is 0.370 e. The molecule has 4 heteroatoms. The first kappa shape index (κ1) is 13.5. The molecule has 1 unspecified atom stereocenters. The minimum Gasteiger partial charge on any atom is -0.370 e. The van der Waals surface area contributed by atoms with Crippen LogP contribution < -0.4 is 4.90 Å². The van der Waals surface area contributed by atoms with Gasteiger partial charge in [-0.25, -0.2) is 0 Å². The Kier molecular flexibility index (Phi) is 3.60. The molecule has 2 aliphatic heterocycles. The van der Waals surface area contributed by atoms with Gasteiger partial charge in [0.1, 0.15) is 6.10 Å². The Balaban J connectivity index is 1.57. The fourth-order valence-electron chi connectivity index (χ4n) is 3.08. The number of aromatic nitrogens is 1. The monoisotopic (exact) mass is 293 g/mol. The molecule has 1 aromatic heterocycles. The first-order valence-corrected chi connectivity index (χ1v) is 7.80. The quantitative estimate of drug-likeness (QED) is 0.854. The lowest BCUT2D eigenvalue weighted by Crippen LogP contribution is -2.38. The molecule has 1 atom stereocenters. The van der Waals surface area contributed by atoms with Crippen LogP contribution in [0, 0.1) is 0 Å². The molecule has 3 heterocycles. The average Bonchev–Trinajstić information content (AvgIpc) is 2.62. The molecule has 0 radical (unpaired) electrons. The van der Waals surface area contributed by atoms with E-state index in [0.29, 0.717) is 0 Å². The van der Waals surface area contributed by atoms with Crippen LogP contribution in [0.4, 0.5) is 5.69 Å². The van der Waals surface area contributed by atoms with Crippen molar-refractivity contribution in [3.8, 4) is 0 Å². The number of ether oxygens (including phenoxy) is 1. The predicted molar refractivity (Wildman–Crippen MR) is 87.8 cm³/mol. The van der Waals surface area contributed by atoms with Gasteiger partial charge in [-0.2, -0.15) is 0 Å². The molecule has 4 nitrogen and oxygen atoms in total. The molecule has 4 rings (SSSR count). The Hall–Kier alpha value is -2.20. The molecule has 2 aliphatic rings. The van der Waals surface area contributed by atoms with Gasteiger partial charge in [0.15, 0.2) is 0 Å². The second-order valence-electron chi connectivity index (χ2n) is 5.73. The van der Waals surface area contributed by atoms with Crippen LogP contribution in [0.2, 0.25) is 0 Å². The Morgan fingerprint density at radius 2 is 2.09 bits per heavy atom. The van der Waals surface area contributed by atoms with Crippen LogP contribution >= 0.6 is 0 Å². The van der Waals surface area contributed by atoms with E-state index in [1.165, 1.54) is 5.56 Å². The second-order valence-corrected chi connectivity index (χ2v) is 5.73. The molecule has 112 valence electrons. The third kappa shape index (κ3) is 2.62. The zero-order chi connectivity index (χ0) is 14.8. The van der Waals surface area contributed by atoms with Gasteiger partial charge in [-0.15, -0.1) is 0 Å². The summed E-state index contributed by atoms with van der Waals surface area (Å²) in [5.74, 6) is 0. The van der Waals surface area contributed by atoms with Gasteiger partial charge in [0, 0.05) is 37.8 Å². The molecular weight excluding hydrogens is 274 g/mol. The molecule has 22 heavy (non-hydrogen) atoms. The van der Waals surface area contributed by atoms with Crippen molar-refractivity contribution in [2.45, 2.75) is 12.5 Å². The molecule has 0 aliphatic carbocycles. The highest BCUT2D eigenvalue weighted by Crippen LogP contribution is 2.26. The first-order valence-electron chi connectivity index (χ1n) is 7.80. The van der Waals surface area contributed by atoms with E-state index in [9.17, 15) is 0 Å². The fourth-order valence-corrected chi connectivity index (χ4v) is 3.08. The van der Waals surface area contributed by atoms with Gasteiger partial charge in [-0.05, 0) is 11.6 Å². The lowest BCUT2D eigenvalue weighted by atomic mass is 10.1. The summed E-state index contributed by atoms with van der Waals surface area (Å²) in [6.07, 6.45) is 5.01. The number of aliphatic imine (C=N–C) groups is 1. The summed E-state index contributed by atoms with van der Waals surface area (Å²) < 4.78 is 5.94. The van der Waals surface area contributed by atoms with Gasteiger partial charge in [-0.1, -0.05) is 30.3 Å². The van der Waals surface area contributed by atoms with Crippen LogP contribution in [0.25, 0.3) is 0 Å². The normalized spacial score (nSPS) is 20.7. The fraction of sp³-hybridized carbons (Fsp3) is 0.333. The van der Waals surface area contributed by atoms with Crippen LogP contribution in [0.15, 0.2) is 47.6 Å². The first-order chi connectivity index (χ1) is 10.9.